The average molecular weight is 207 g/mol. The van der Waals surface area contributed by atoms with E-state index < -0.39 is 5.79 Å². The zero-order valence-corrected chi connectivity index (χ0v) is 9.60. The van der Waals surface area contributed by atoms with Crippen molar-refractivity contribution in [1.82, 2.24) is 12.3 Å². The van der Waals surface area contributed by atoms with E-state index >= 15 is 0 Å². The van der Waals surface area contributed by atoms with E-state index in [1.54, 1.807) is 0 Å². The Hall–Kier alpha value is -0.200. The third kappa shape index (κ3) is 17.8. The molecule has 0 rings (SSSR count). The SMILES string of the molecule is CCCCCCCCC(N)(N)N.N.N. The monoisotopic (exact) mass is 207 g/mol. The van der Waals surface area contributed by atoms with Crippen LogP contribution in [0.3, 0.4) is 0 Å². The lowest BCUT2D eigenvalue weighted by atomic mass is 10.1. The molecule has 0 saturated carbocycles. The Kier molecular flexibility index (Phi) is 15.1. The van der Waals surface area contributed by atoms with Crippen molar-refractivity contribution >= 4 is 0 Å². The Morgan fingerprint density at radius 2 is 1.21 bits per heavy atom. The molecule has 0 bridgehead atoms. The second-order valence-corrected chi connectivity index (χ2v) is 3.63. The van der Waals surface area contributed by atoms with E-state index in [4.69, 9.17) is 17.2 Å². The van der Waals surface area contributed by atoms with Crippen molar-refractivity contribution < 1.29 is 0 Å². The standard InChI is InChI=1S/C9H23N3.2H3N/c1-2-3-4-5-6-7-8-9(10,11)12;;/h2-8,10-12H2,1H3;2*1H3. The molecule has 0 radical (unpaired) electrons. The Balaban J connectivity index is -0.000000605. The molecular weight excluding hydrogens is 178 g/mol. The van der Waals surface area contributed by atoms with Gasteiger partial charge < -0.3 is 29.5 Å². The molecule has 0 aromatic carbocycles. The molecular formula is C9H29N5. The molecule has 5 heteroatoms. The van der Waals surface area contributed by atoms with E-state index in [0.29, 0.717) is 0 Å². The van der Waals surface area contributed by atoms with Crippen LogP contribution in [0.2, 0.25) is 0 Å². The first-order valence-electron chi connectivity index (χ1n) is 4.93. The second kappa shape index (κ2) is 10.9. The van der Waals surface area contributed by atoms with Gasteiger partial charge >= 0.3 is 0 Å². The first-order chi connectivity index (χ1) is 5.56. The molecule has 0 unspecified atom stereocenters. The molecule has 0 aliphatic heterocycles. The van der Waals surface area contributed by atoms with E-state index in [1.807, 2.05) is 0 Å². The topological polar surface area (TPSA) is 148 Å². The fourth-order valence-electron chi connectivity index (χ4n) is 1.21. The third-order valence-corrected chi connectivity index (χ3v) is 1.96. The van der Waals surface area contributed by atoms with Crippen LogP contribution in [0.25, 0.3) is 0 Å². The smallest absolute Gasteiger partial charge is 0.115 e. The molecule has 0 spiro atoms. The number of rotatable bonds is 7. The van der Waals surface area contributed by atoms with Gasteiger partial charge in [0, 0.05) is 0 Å². The van der Waals surface area contributed by atoms with Crippen molar-refractivity contribution in [3.8, 4) is 0 Å². The number of nitrogens with two attached hydrogens (primary N) is 3. The molecule has 12 N–H and O–H groups in total. The summed E-state index contributed by atoms with van der Waals surface area (Å²) in [7, 11) is 0. The zero-order valence-electron chi connectivity index (χ0n) is 9.60. The molecule has 0 aromatic heterocycles. The highest BCUT2D eigenvalue weighted by atomic mass is 15.1. The third-order valence-electron chi connectivity index (χ3n) is 1.96. The Bertz CT molecular complexity index is 99.9. The summed E-state index contributed by atoms with van der Waals surface area (Å²) in [6.45, 7) is 2.21. The van der Waals surface area contributed by atoms with Crippen molar-refractivity contribution in [3.63, 3.8) is 0 Å². The van der Waals surface area contributed by atoms with Crippen molar-refractivity contribution in [3.05, 3.63) is 0 Å². The minimum Gasteiger partial charge on any atom is -0.344 e. The molecule has 90 valence electrons. The largest absolute Gasteiger partial charge is 0.344 e. The van der Waals surface area contributed by atoms with Gasteiger partial charge in [0.2, 0.25) is 0 Å². The molecule has 0 fully saturated rings. The van der Waals surface area contributed by atoms with Crippen LogP contribution in [0.1, 0.15) is 51.9 Å². The molecule has 14 heavy (non-hydrogen) atoms. The van der Waals surface area contributed by atoms with Crippen LogP contribution in [-0.4, -0.2) is 5.79 Å². The zero-order chi connectivity index (χ0) is 9.45. The van der Waals surface area contributed by atoms with Crippen molar-refractivity contribution in [2.75, 3.05) is 0 Å². The quantitative estimate of drug-likeness (QED) is 0.317. The fourth-order valence-corrected chi connectivity index (χ4v) is 1.21. The normalized spacial score (nSPS) is 10.3. The summed E-state index contributed by atoms with van der Waals surface area (Å²) in [6, 6.07) is 0. The molecule has 0 aliphatic carbocycles. The predicted molar refractivity (Wildman–Crippen MR) is 63.3 cm³/mol. The molecule has 0 aliphatic rings. The van der Waals surface area contributed by atoms with Crippen LogP contribution >= 0.6 is 0 Å². The van der Waals surface area contributed by atoms with Crippen LogP contribution in [-0.2, 0) is 0 Å². The lowest BCUT2D eigenvalue weighted by Crippen LogP contribution is -2.57. The van der Waals surface area contributed by atoms with Crippen molar-refractivity contribution in [1.29, 1.82) is 0 Å². The van der Waals surface area contributed by atoms with Gasteiger partial charge in [0.1, 0.15) is 5.79 Å². The molecule has 0 saturated heterocycles. The number of unbranched alkanes of at least 4 members (excludes halogenated alkanes) is 5. The van der Waals surface area contributed by atoms with Gasteiger partial charge in [-0.15, -0.1) is 0 Å². The van der Waals surface area contributed by atoms with E-state index in [-0.39, 0.29) is 12.3 Å². The highest BCUT2D eigenvalue weighted by molar-refractivity contribution is 4.66. The summed E-state index contributed by atoms with van der Waals surface area (Å²) in [5.41, 5.74) is 16.3. The van der Waals surface area contributed by atoms with Gasteiger partial charge in [-0.3, -0.25) is 0 Å². The van der Waals surface area contributed by atoms with Gasteiger partial charge in [0.15, 0.2) is 0 Å². The first-order valence-corrected chi connectivity index (χ1v) is 4.93. The summed E-state index contributed by atoms with van der Waals surface area (Å²) in [4.78, 5) is 0. The molecule has 5 nitrogen and oxygen atoms in total. The molecule has 0 atom stereocenters. The first kappa shape index (κ1) is 19.4. The minimum absolute atomic E-state index is 0. The van der Waals surface area contributed by atoms with Gasteiger partial charge in [-0.1, -0.05) is 39.0 Å². The lowest BCUT2D eigenvalue weighted by molar-refractivity contribution is 0.400. The van der Waals surface area contributed by atoms with Gasteiger partial charge in [0.05, 0.1) is 0 Å². The summed E-state index contributed by atoms with van der Waals surface area (Å²) >= 11 is 0. The van der Waals surface area contributed by atoms with Gasteiger partial charge in [-0.05, 0) is 12.8 Å². The molecule has 0 amide bonds. The van der Waals surface area contributed by atoms with Crippen LogP contribution in [0.5, 0.6) is 0 Å². The summed E-state index contributed by atoms with van der Waals surface area (Å²) in [5, 5.41) is 0. The van der Waals surface area contributed by atoms with Crippen molar-refractivity contribution in [2.24, 2.45) is 17.2 Å². The Labute approximate surface area is 87.9 Å². The maximum atomic E-state index is 5.43. The summed E-state index contributed by atoms with van der Waals surface area (Å²) < 4.78 is 0. The number of hydrogen-bond donors (Lipinski definition) is 5. The predicted octanol–water partition coefficient (Wildman–Crippen LogP) is 1.59. The van der Waals surface area contributed by atoms with Gasteiger partial charge in [-0.2, -0.15) is 0 Å². The summed E-state index contributed by atoms with van der Waals surface area (Å²) in [6.07, 6.45) is 8.19. The lowest BCUT2D eigenvalue weighted by Gasteiger charge is -2.17. The van der Waals surface area contributed by atoms with Gasteiger partial charge in [-0.25, -0.2) is 0 Å². The van der Waals surface area contributed by atoms with Gasteiger partial charge in [0.25, 0.3) is 0 Å². The van der Waals surface area contributed by atoms with E-state index in [1.165, 1.54) is 32.1 Å². The van der Waals surface area contributed by atoms with Crippen LogP contribution in [0.4, 0.5) is 0 Å². The minimum atomic E-state index is -0.954. The molecule has 0 aromatic rings. The average Bonchev–Trinajstić information content (AvgIpc) is 1.94. The van der Waals surface area contributed by atoms with Crippen molar-refractivity contribution in [2.45, 2.75) is 57.7 Å². The van der Waals surface area contributed by atoms with E-state index in [9.17, 15) is 0 Å². The van der Waals surface area contributed by atoms with E-state index in [2.05, 4.69) is 6.92 Å². The van der Waals surface area contributed by atoms with Crippen LogP contribution in [0, 0.1) is 0 Å². The Morgan fingerprint density at radius 1 is 0.786 bits per heavy atom. The number of hydrogen-bond acceptors (Lipinski definition) is 5. The van der Waals surface area contributed by atoms with Crippen LogP contribution in [0.15, 0.2) is 0 Å². The maximum absolute atomic E-state index is 5.43. The Morgan fingerprint density at radius 3 is 1.64 bits per heavy atom. The highest BCUT2D eigenvalue weighted by Gasteiger charge is 2.09. The highest BCUT2D eigenvalue weighted by Crippen LogP contribution is 2.08. The second-order valence-electron chi connectivity index (χ2n) is 3.63. The molecule has 0 heterocycles. The fraction of sp³-hybridized carbons (Fsp3) is 1.00. The van der Waals surface area contributed by atoms with E-state index in [0.717, 1.165) is 12.8 Å². The maximum Gasteiger partial charge on any atom is 0.115 e. The van der Waals surface area contributed by atoms with Crippen LogP contribution < -0.4 is 29.5 Å². The summed E-state index contributed by atoms with van der Waals surface area (Å²) in [5.74, 6) is -0.954.